The Morgan fingerprint density at radius 3 is 2.37 bits per heavy atom. The standard InChI is InChI=1S/C26H43N9O3/c1-18(31-26(33(2)3)34(4)5)24(38)35-16-10-14-21(35)23(37)32-20(13-9-15-29-25(27)28)22(36)30-17-19-11-7-6-8-12-19/h6-8,11-12,18,20-21H,9-10,13-17H2,1-5H3,(H,30,36)(H,32,37)(H4,27,28,29)/t18-,20-,21+/m0/s1. The molecule has 0 unspecified atom stereocenters. The summed E-state index contributed by atoms with van der Waals surface area (Å²) in [4.78, 5) is 53.4. The van der Waals surface area contributed by atoms with E-state index in [0.717, 1.165) is 5.56 Å². The first-order valence-electron chi connectivity index (χ1n) is 12.9. The molecule has 1 saturated heterocycles. The second-order valence-electron chi connectivity index (χ2n) is 9.80. The van der Waals surface area contributed by atoms with Crippen LogP contribution >= 0.6 is 0 Å². The molecule has 3 amide bonds. The lowest BCUT2D eigenvalue weighted by Gasteiger charge is -2.29. The quantitative estimate of drug-likeness (QED) is 0.174. The fourth-order valence-corrected chi connectivity index (χ4v) is 4.35. The van der Waals surface area contributed by atoms with Crippen LogP contribution in [0, 0.1) is 0 Å². The van der Waals surface area contributed by atoms with Gasteiger partial charge < -0.3 is 36.8 Å². The van der Waals surface area contributed by atoms with Crippen LogP contribution in [0.4, 0.5) is 0 Å². The van der Waals surface area contributed by atoms with Gasteiger partial charge in [0.1, 0.15) is 18.1 Å². The second kappa shape index (κ2) is 14.8. The third kappa shape index (κ3) is 9.24. The summed E-state index contributed by atoms with van der Waals surface area (Å²) in [5.74, 6) is -0.247. The van der Waals surface area contributed by atoms with Crippen LogP contribution in [0.3, 0.4) is 0 Å². The van der Waals surface area contributed by atoms with Crippen LogP contribution in [0.2, 0.25) is 0 Å². The monoisotopic (exact) mass is 529 g/mol. The molecule has 0 aliphatic carbocycles. The third-order valence-electron chi connectivity index (χ3n) is 6.19. The maximum atomic E-state index is 13.3. The molecule has 0 radical (unpaired) electrons. The molecule has 0 saturated carbocycles. The van der Waals surface area contributed by atoms with Crippen molar-refractivity contribution in [2.75, 3.05) is 41.3 Å². The molecule has 2 rings (SSSR count). The van der Waals surface area contributed by atoms with Gasteiger partial charge in [-0.25, -0.2) is 4.99 Å². The van der Waals surface area contributed by atoms with Gasteiger partial charge in [-0.1, -0.05) is 30.3 Å². The summed E-state index contributed by atoms with van der Waals surface area (Å²) in [6.07, 6.45) is 2.07. The molecule has 1 fully saturated rings. The molecule has 210 valence electrons. The molecule has 1 aliphatic heterocycles. The van der Waals surface area contributed by atoms with Gasteiger partial charge in [0.05, 0.1) is 0 Å². The number of benzene rings is 1. The molecule has 3 atom stereocenters. The average Bonchev–Trinajstić information content (AvgIpc) is 3.37. The SMILES string of the molecule is C[C@H](N=C(N(C)C)N(C)C)C(=O)N1CCC[C@@H]1C(=O)N[C@@H](CCCN=C(N)N)C(=O)NCc1ccccc1. The van der Waals surface area contributed by atoms with Gasteiger partial charge in [-0.3, -0.25) is 19.4 Å². The number of nitrogens with zero attached hydrogens (tertiary/aromatic N) is 5. The maximum absolute atomic E-state index is 13.3. The molecule has 12 heteroatoms. The van der Waals surface area contributed by atoms with E-state index in [1.165, 1.54) is 0 Å². The zero-order chi connectivity index (χ0) is 28.2. The molecule has 0 spiro atoms. The summed E-state index contributed by atoms with van der Waals surface area (Å²) in [5, 5.41) is 5.77. The van der Waals surface area contributed by atoms with Gasteiger partial charge in [0.25, 0.3) is 0 Å². The number of hydrogen-bond acceptors (Lipinski definition) is 5. The Balaban J connectivity index is 2.10. The van der Waals surface area contributed by atoms with Crippen LogP contribution in [0.15, 0.2) is 40.3 Å². The van der Waals surface area contributed by atoms with Crippen molar-refractivity contribution < 1.29 is 14.4 Å². The second-order valence-corrected chi connectivity index (χ2v) is 9.80. The van der Waals surface area contributed by atoms with Crippen molar-refractivity contribution in [2.24, 2.45) is 21.5 Å². The van der Waals surface area contributed by atoms with Crippen LogP contribution in [0.25, 0.3) is 0 Å². The lowest BCUT2D eigenvalue weighted by Crippen LogP contribution is -2.54. The zero-order valence-electron chi connectivity index (χ0n) is 23.2. The number of guanidine groups is 2. The summed E-state index contributed by atoms with van der Waals surface area (Å²) >= 11 is 0. The van der Waals surface area contributed by atoms with E-state index in [2.05, 4.69) is 20.6 Å². The van der Waals surface area contributed by atoms with Crippen molar-refractivity contribution in [3.8, 4) is 0 Å². The summed E-state index contributed by atoms with van der Waals surface area (Å²) in [5.41, 5.74) is 11.8. The Bertz CT molecular complexity index is 981. The van der Waals surface area contributed by atoms with E-state index in [4.69, 9.17) is 11.5 Å². The van der Waals surface area contributed by atoms with Crippen molar-refractivity contribution in [3.63, 3.8) is 0 Å². The minimum absolute atomic E-state index is 0.0253. The molecular formula is C26H43N9O3. The lowest BCUT2D eigenvalue weighted by molar-refractivity contribution is -0.140. The van der Waals surface area contributed by atoms with E-state index in [9.17, 15) is 14.4 Å². The van der Waals surface area contributed by atoms with Crippen molar-refractivity contribution in [1.29, 1.82) is 0 Å². The van der Waals surface area contributed by atoms with Crippen molar-refractivity contribution >= 4 is 29.6 Å². The number of likely N-dealkylation sites (tertiary alicyclic amines) is 1. The largest absolute Gasteiger partial charge is 0.370 e. The topological polar surface area (TPSA) is 162 Å². The van der Waals surface area contributed by atoms with Crippen LogP contribution in [0.1, 0.15) is 38.2 Å². The highest BCUT2D eigenvalue weighted by molar-refractivity contribution is 5.94. The summed E-state index contributed by atoms with van der Waals surface area (Å²) < 4.78 is 0. The predicted molar refractivity (Wildman–Crippen MR) is 149 cm³/mol. The summed E-state index contributed by atoms with van der Waals surface area (Å²) in [6.45, 7) is 2.87. The van der Waals surface area contributed by atoms with E-state index >= 15 is 0 Å². The molecule has 1 aliphatic rings. The van der Waals surface area contributed by atoms with E-state index in [1.54, 1.807) is 11.8 Å². The lowest BCUT2D eigenvalue weighted by atomic mass is 10.1. The fraction of sp³-hybridized carbons (Fsp3) is 0.577. The molecule has 1 aromatic rings. The van der Waals surface area contributed by atoms with Crippen LogP contribution in [-0.4, -0.2) is 104 Å². The van der Waals surface area contributed by atoms with Crippen LogP contribution in [-0.2, 0) is 20.9 Å². The molecule has 0 bridgehead atoms. The fourth-order valence-electron chi connectivity index (χ4n) is 4.35. The zero-order valence-corrected chi connectivity index (χ0v) is 23.2. The predicted octanol–water partition coefficient (Wildman–Crippen LogP) is -0.300. The molecule has 6 N–H and O–H groups in total. The number of nitrogens with two attached hydrogens (primary N) is 2. The van der Waals surface area contributed by atoms with E-state index < -0.39 is 18.1 Å². The normalized spacial score (nSPS) is 16.1. The molecule has 0 aromatic heterocycles. The Morgan fingerprint density at radius 1 is 1.11 bits per heavy atom. The average molecular weight is 530 g/mol. The first-order chi connectivity index (χ1) is 18.0. The highest BCUT2D eigenvalue weighted by atomic mass is 16.2. The van der Waals surface area contributed by atoms with E-state index in [0.29, 0.717) is 51.3 Å². The molecule has 38 heavy (non-hydrogen) atoms. The Morgan fingerprint density at radius 2 is 1.76 bits per heavy atom. The molecular weight excluding hydrogens is 486 g/mol. The van der Waals surface area contributed by atoms with Gasteiger partial charge >= 0.3 is 0 Å². The van der Waals surface area contributed by atoms with Gasteiger partial charge in [0.2, 0.25) is 17.7 Å². The van der Waals surface area contributed by atoms with Crippen molar-refractivity contribution in [3.05, 3.63) is 35.9 Å². The number of amides is 3. The maximum Gasteiger partial charge on any atom is 0.247 e. The molecule has 1 aromatic carbocycles. The first kappa shape index (κ1) is 30.4. The van der Waals surface area contributed by atoms with E-state index in [-0.39, 0.29) is 23.7 Å². The first-order valence-corrected chi connectivity index (χ1v) is 12.9. The minimum Gasteiger partial charge on any atom is -0.370 e. The number of nitrogens with one attached hydrogen (secondary N) is 2. The van der Waals surface area contributed by atoms with Crippen LogP contribution < -0.4 is 22.1 Å². The van der Waals surface area contributed by atoms with Crippen LogP contribution in [0.5, 0.6) is 0 Å². The van der Waals surface area contributed by atoms with Gasteiger partial charge in [-0.15, -0.1) is 0 Å². The Hall–Kier alpha value is -3.83. The van der Waals surface area contributed by atoms with Crippen molar-refractivity contribution in [2.45, 2.75) is 57.3 Å². The van der Waals surface area contributed by atoms with Crippen molar-refractivity contribution in [1.82, 2.24) is 25.3 Å². The molecule has 1 heterocycles. The number of carbonyl (C=O) groups excluding carboxylic acids is 3. The third-order valence-corrected chi connectivity index (χ3v) is 6.19. The highest BCUT2D eigenvalue weighted by Gasteiger charge is 2.37. The number of hydrogen-bond donors (Lipinski definition) is 4. The number of rotatable bonds is 11. The van der Waals surface area contributed by atoms with Gasteiger partial charge in [0.15, 0.2) is 11.9 Å². The van der Waals surface area contributed by atoms with Gasteiger partial charge in [0, 0.05) is 47.8 Å². The molecule has 12 nitrogen and oxygen atoms in total. The Kier molecular flexibility index (Phi) is 11.8. The van der Waals surface area contributed by atoms with Gasteiger partial charge in [-0.05, 0) is 38.2 Å². The van der Waals surface area contributed by atoms with E-state index in [1.807, 2.05) is 68.3 Å². The number of aliphatic imine (C=N–C) groups is 2. The smallest absolute Gasteiger partial charge is 0.247 e. The Labute approximate surface area is 225 Å². The minimum atomic E-state index is -0.789. The summed E-state index contributed by atoms with van der Waals surface area (Å²) in [7, 11) is 7.44. The highest BCUT2D eigenvalue weighted by Crippen LogP contribution is 2.20. The van der Waals surface area contributed by atoms with Gasteiger partial charge in [-0.2, -0.15) is 0 Å². The number of carbonyl (C=O) groups is 3. The summed E-state index contributed by atoms with van der Waals surface area (Å²) in [6, 6.07) is 7.41.